The Bertz CT molecular complexity index is 293. The molecule has 0 heterocycles. The summed E-state index contributed by atoms with van der Waals surface area (Å²) in [6, 6.07) is 0. The maximum atomic E-state index is 11.1. The lowest BCUT2D eigenvalue weighted by Gasteiger charge is -2.08. The highest BCUT2D eigenvalue weighted by atomic mass is 16.7. The molecular weight excluding hydrogens is 174 g/mol. The molecule has 0 saturated heterocycles. The first-order chi connectivity index (χ1) is 6.09. The minimum absolute atomic E-state index is 0.0909. The molecule has 0 amide bonds. The molecule has 0 aromatic carbocycles. The zero-order valence-electron chi connectivity index (χ0n) is 7.20. The van der Waals surface area contributed by atoms with Crippen LogP contribution in [0.3, 0.4) is 0 Å². The summed E-state index contributed by atoms with van der Waals surface area (Å²) in [7, 11) is 0. The van der Waals surface area contributed by atoms with E-state index in [0.29, 0.717) is 6.42 Å². The van der Waals surface area contributed by atoms with E-state index >= 15 is 0 Å². The third-order valence-electron chi connectivity index (χ3n) is 1.60. The quantitative estimate of drug-likeness (QED) is 0.331. The molecular formula is C8H9NO4. The van der Waals surface area contributed by atoms with E-state index in [0.717, 1.165) is 0 Å². The number of nitrogens with zero attached hydrogens (tertiary/aromatic N) is 1. The summed E-state index contributed by atoms with van der Waals surface area (Å²) in [6.45, 7) is 1.20. The fourth-order valence-electron chi connectivity index (χ4n) is 0.983. The van der Waals surface area contributed by atoms with E-state index in [2.05, 4.69) is 9.99 Å². The molecule has 1 aliphatic rings. The Kier molecular flexibility index (Phi) is 2.89. The van der Waals surface area contributed by atoms with Crippen LogP contribution in [0.25, 0.3) is 0 Å². The van der Waals surface area contributed by atoms with E-state index in [9.17, 15) is 14.4 Å². The molecule has 5 heteroatoms. The van der Waals surface area contributed by atoms with Gasteiger partial charge in [-0.15, -0.1) is 0 Å². The Balaban J connectivity index is 2.60. The number of oxime groups is 1. The van der Waals surface area contributed by atoms with Crippen molar-refractivity contribution in [2.75, 3.05) is 0 Å². The van der Waals surface area contributed by atoms with Crippen molar-refractivity contribution >= 4 is 23.2 Å². The minimum atomic E-state index is -0.572. The molecule has 0 aliphatic heterocycles. The van der Waals surface area contributed by atoms with E-state index in [1.54, 1.807) is 0 Å². The topological polar surface area (TPSA) is 72.8 Å². The summed E-state index contributed by atoms with van der Waals surface area (Å²) in [5, 5.41) is 3.36. The zero-order chi connectivity index (χ0) is 9.84. The molecule has 0 bridgehead atoms. The maximum absolute atomic E-state index is 11.1. The van der Waals surface area contributed by atoms with Gasteiger partial charge in [-0.3, -0.25) is 9.59 Å². The second-order valence-electron chi connectivity index (χ2n) is 2.76. The lowest BCUT2D eigenvalue weighted by Crippen LogP contribution is -2.25. The van der Waals surface area contributed by atoms with Crippen molar-refractivity contribution in [3.63, 3.8) is 0 Å². The summed E-state index contributed by atoms with van der Waals surface area (Å²) in [4.78, 5) is 36.5. The fraction of sp³-hybridized carbons (Fsp3) is 0.500. The first kappa shape index (κ1) is 9.57. The van der Waals surface area contributed by atoms with Crippen molar-refractivity contribution in [3.05, 3.63) is 0 Å². The third-order valence-corrected chi connectivity index (χ3v) is 1.60. The fourth-order valence-corrected chi connectivity index (χ4v) is 0.983. The number of ketones is 2. The van der Waals surface area contributed by atoms with Crippen LogP contribution in [0.1, 0.15) is 26.2 Å². The van der Waals surface area contributed by atoms with Crippen LogP contribution in [0.2, 0.25) is 0 Å². The van der Waals surface area contributed by atoms with Gasteiger partial charge in [0.2, 0.25) is 0 Å². The van der Waals surface area contributed by atoms with E-state index in [1.807, 2.05) is 0 Å². The molecule has 0 aromatic rings. The van der Waals surface area contributed by atoms with Crippen molar-refractivity contribution in [3.8, 4) is 0 Å². The molecule has 1 saturated carbocycles. The molecule has 0 radical (unpaired) electrons. The van der Waals surface area contributed by atoms with Gasteiger partial charge in [-0.1, -0.05) is 5.16 Å². The van der Waals surface area contributed by atoms with Crippen molar-refractivity contribution in [2.24, 2.45) is 5.16 Å². The second kappa shape index (κ2) is 3.93. The largest absolute Gasteiger partial charge is 0.331 e. The van der Waals surface area contributed by atoms with Gasteiger partial charge < -0.3 is 4.84 Å². The van der Waals surface area contributed by atoms with Crippen molar-refractivity contribution < 1.29 is 19.2 Å². The van der Waals surface area contributed by atoms with Crippen molar-refractivity contribution in [2.45, 2.75) is 26.2 Å². The number of hydrogen-bond donors (Lipinski definition) is 0. The summed E-state index contributed by atoms with van der Waals surface area (Å²) in [5.74, 6) is -1.01. The number of rotatable bonds is 1. The van der Waals surface area contributed by atoms with E-state index in [-0.39, 0.29) is 30.1 Å². The Morgan fingerprint density at radius 2 is 2.08 bits per heavy atom. The maximum Gasteiger partial charge on any atom is 0.331 e. The molecule has 0 spiro atoms. The lowest BCUT2D eigenvalue weighted by molar-refractivity contribution is -0.140. The number of carbonyl (C=O) groups is 3. The Morgan fingerprint density at radius 1 is 1.38 bits per heavy atom. The second-order valence-corrected chi connectivity index (χ2v) is 2.76. The lowest BCUT2D eigenvalue weighted by atomic mass is 9.96. The molecule has 0 aromatic heterocycles. The van der Waals surface area contributed by atoms with Crippen LogP contribution in [0.4, 0.5) is 0 Å². The van der Waals surface area contributed by atoms with Gasteiger partial charge in [0.25, 0.3) is 0 Å². The van der Waals surface area contributed by atoms with E-state index < -0.39 is 5.97 Å². The molecule has 0 atom stereocenters. The molecule has 13 heavy (non-hydrogen) atoms. The zero-order valence-corrected chi connectivity index (χ0v) is 7.20. The smallest absolute Gasteiger partial charge is 0.318 e. The minimum Gasteiger partial charge on any atom is -0.318 e. The van der Waals surface area contributed by atoms with Crippen molar-refractivity contribution in [1.82, 2.24) is 0 Å². The third kappa shape index (κ3) is 2.77. The highest BCUT2D eigenvalue weighted by molar-refractivity contribution is 6.44. The molecule has 1 aliphatic carbocycles. The predicted octanol–water partition coefficient (Wildman–Crippen LogP) is 0.228. The van der Waals surface area contributed by atoms with E-state index in [1.165, 1.54) is 6.92 Å². The molecule has 0 N–H and O–H groups in total. The van der Waals surface area contributed by atoms with E-state index in [4.69, 9.17) is 0 Å². The Labute approximate surface area is 74.7 Å². The van der Waals surface area contributed by atoms with Crippen LogP contribution < -0.4 is 0 Å². The predicted molar refractivity (Wildman–Crippen MR) is 43.1 cm³/mol. The molecule has 0 unspecified atom stereocenters. The average Bonchev–Trinajstić information content (AvgIpc) is 2.02. The van der Waals surface area contributed by atoms with Crippen molar-refractivity contribution in [1.29, 1.82) is 0 Å². The van der Waals surface area contributed by atoms with Crippen LogP contribution in [0, 0.1) is 0 Å². The van der Waals surface area contributed by atoms with Crippen LogP contribution in [0.5, 0.6) is 0 Å². The molecule has 70 valence electrons. The summed E-state index contributed by atoms with van der Waals surface area (Å²) >= 11 is 0. The van der Waals surface area contributed by atoms with Crippen LogP contribution >= 0.6 is 0 Å². The number of hydrogen-bond acceptors (Lipinski definition) is 5. The van der Waals surface area contributed by atoms with Crippen LogP contribution in [0.15, 0.2) is 5.16 Å². The summed E-state index contributed by atoms with van der Waals surface area (Å²) in [6.07, 6.45) is 0.441. The monoisotopic (exact) mass is 183 g/mol. The highest BCUT2D eigenvalue weighted by Gasteiger charge is 2.23. The first-order valence-corrected chi connectivity index (χ1v) is 3.89. The summed E-state index contributed by atoms with van der Waals surface area (Å²) < 4.78 is 0. The van der Waals surface area contributed by atoms with Gasteiger partial charge in [-0.25, -0.2) is 4.79 Å². The molecule has 5 nitrogen and oxygen atoms in total. The van der Waals surface area contributed by atoms with Gasteiger partial charge in [-0.2, -0.15) is 0 Å². The normalized spacial score (nSPS) is 20.5. The standard InChI is InChI=1S/C8H9NO4/c1-5(10)13-9-7-3-2-6(11)4-8(7)12/h2-4H2,1H3/b9-7-. The van der Waals surface area contributed by atoms with Gasteiger partial charge in [0, 0.05) is 19.8 Å². The number of carbonyl (C=O) groups excluding carboxylic acids is 3. The Morgan fingerprint density at radius 3 is 2.62 bits per heavy atom. The van der Waals surface area contributed by atoms with Gasteiger partial charge in [-0.05, 0) is 0 Å². The molecule has 1 rings (SSSR count). The SMILES string of the molecule is CC(=O)O/N=C1/CCC(=O)CC1=O. The van der Waals surface area contributed by atoms with Gasteiger partial charge in [0.05, 0.1) is 6.42 Å². The summed E-state index contributed by atoms with van der Waals surface area (Å²) in [5.41, 5.74) is 0.176. The number of Topliss-reactive ketones (excluding diaryl/α,β-unsaturated/α-hetero) is 2. The molecule has 1 fully saturated rings. The average molecular weight is 183 g/mol. The Hall–Kier alpha value is -1.52. The van der Waals surface area contributed by atoms with Gasteiger partial charge >= 0.3 is 5.97 Å². The van der Waals surface area contributed by atoms with Gasteiger partial charge in [0.15, 0.2) is 5.78 Å². The highest BCUT2D eigenvalue weighted by Crippen LogP contribution is 2.08. The van der Waals surface area contributed by atoms with Crippen LogP contribution in [-0.2, 0) is 19.2 Å². The van der Waals surface area contributed by atoms with Gasteiger partial charge in [0.1, 0.15) is 11.5 Å². The van der Waals surface area contributed by atoms with Crippen LogP contribution in [-0.4, -0.2) is 23.2 Å². The first-order valence-electron chi connectivity index (χ1n) is 3.89.